The second-order valence-electron chi connectivity index (χ2n) is 4.69. The Kier molecular flexibility index (Phi) is 2.99. The van der Waals surface area contributed by atoms with Crippen molar-refractivity contribution in [3.05, 3.63) is 60.0 Å². The lowest BCUT2D eigenvalue weighted by Gasteiger charge is -2.12. The highest BCUT2D eigenvalue weighted by Crippen LogP contribution is 2.29. The molecule has 0 spiro atoms. The summed E-state index contributed by atoms with van der Waals surface area (Å²) >= 11 is 0. The fourth-order valence-corrected chi connectivity index (χ4v) is 2.20. The van der Waals surface area contributed by atoms with Crippen molar-refractivity contribution in [2.45, 2.75) is 6.92 Å². The monoisotopic (exact) mass is 267 g/mol. The van der Waals surface area contributed by atoms with E-state index in [0.717, 1.165) is 22.2 Å². The van der Waals surface area contributed by atoms with Crippen LogP contribution in [-0.2, 0) is 0 Å². The number of halogens is 1. The van der Waals surface area contributed by atoms with E-state index in [4.69, 9.17) is 5.73 Å². The summed E-state index contributed by atoms with van der Waals surface area (Å²) in [5.74, 6) is -0.273. The number of rotatable bonds is 2. The standard InChI is InChI=1S/C16H14FN3/c1-10-3-2-4-13(17)16(10)20-14-7-8-19-15-9-11(18)5-6-12(14)15/h2-9H,18H2,1H3,(H,19,20). The average Bonchev–Trinajstić information content (AvgIpc) is 2.42. The zero-order valence-corrected chi connectivity index (χ0v) is 11.0. The molecule has 0 unspecified atom stereocenters. The summed E-state index contributed by atoms with van der Waals surface area (Å²) in [5, 5.41) is 4.05. The van der Waals surface area contributed by atoms with Crippen LogP contribution in [0.1, 0.15) is 5.56 Å². The van der Waals surface area contributed by atoms with Gasteiger partial charge in [0.15, 0.2) is 0 Å². The molecule has 0 aliphatic heterocycles. The molecule has 0 bridgehead atoms. The number of nitrogen functional groups attached to an aromatic ring is 1. The highest BCUT2D eigenvalue weighted by atomic mass is 19.1. The van der Waals surface area contributed by atoms with Gasteiger partial charge in [-0.3, -0.25) is 4.98 Å². The van der Waals surface area contributed by atoms with Crippen LogP contribution in [0.3, 0.4) is 0 Å². The topological polar surface area (TPSA) is 50.9 Å². The van der Waals surface area contributed by atoms with Gasteiger partial charge in [0.2, 0.25) is 0 Å². The number of aromatic nitrogens is 1. The smallest absolute Gasteiger partial charge is 0.146 e. The molecule has 1 heterocycles. The Morgan fingerprint density at radius 1 is 1.15 bits per heavy atom. The molecule has 20 heavy (non-hydrogen) atoms. The van der Waals surface area contributed by atoms with E-state index in [1.165, 1.54) is 6.07 Å². The zero-order valence-electron chi connectivity index (χ0n) is 11.0. The second kappa shape index (κ2) is 4.81. The molecular formula is C16H14FN3. The molecule has 3 rings (SSSR count). The average molecular weight is 267 g/mol. The summed E-state index contributed by atoms with van der Waals surface area (Å²) in [4.78, 5) is 4.28. The van der Waals surface area contributed by atoms with E-state index in [2.05, 4.69) is 10.3 Å². The minimum absolute atomic E-state index is 0.273. The van der Waals surface area contributed by atoms with Gasteiger partial charge in [-0.15, -0.1) is 0 Å². The Labute approximate surface area is 116 Å². The van der Waals surface area contributed by atoms with Gasteiger partial charge in [-0.2, -0.15) is 0 Å². The lowest BCUT2D eigenvalue weighted by atomic mass is 10.1. The Morgan fingerprint density at radius 2 is 2.00 bits per heavy atom. The van der Waals surface area contributed by atoms with Gasteiger partial charge >= 0.3 is 0 Å². The molecule has 0 radical (unpaired) electrons. The number of nitrogens with one attached hydrogen (secondary N) is 1. The molecule has 100 valence electrons. The quantitative estimate of drug-likeness (QED) is 0.690. The molecule has 0 aliphatic carbocycles. The predicted octanol–water partition coefficient (Wildman–Crippen LogP) is 4.01. The van der Waals surface area contributed by atoms with Gasteiger partial charge in [-0.05, 0) is 42.8 Å². The van der Waals surface area contributed by atoms with E-state index in [0.29, 0.717) is 11.4 Å². The lowest BCUT2D eigenvalue weighted by Crippen LogP contribution is -1.98. The van der Waals surface area contributed by atoms with Crippen molar-refractivity contribution in [1.82, 2.24) is 4.98 Å². The summed E-state index contributed by atoms with van der Waals surface area (Å²) in [6, 6.07) is 12.3. The first-order chi connectivity index (χ1) is 9.65. The van der Waals surface area contributed by atoms with Crippen molar-refractivity contribution in [1.29, 1.82) is 0 Å². The molecule has 0 fully saturated rings. The van der Waals surface area contributed by atoms with E-state index in [1.807, 2.05) is 31.2 Å². The minimum atomic E-state index is -0.273. The van der Waals surface area contributed by atoms with E-state index in [9.17, 15) is 4.39 Å². The summed E-state index contributed by atoms with van der Waals surface area (Å²) in [7, 11) is 0. The number of nitrogens with zero attached hydrogens (tertiary/aromatic N) is 1. The van der Waals surface area contributed by atoms with Gasteiger partial charge in [-0.25, -0.2) is 4.39 Å². The number of benzene rings is 2. The largest absolute Gasteiger partial charge is 0.399 e. The lowest BCUT2D eigenvalue weighted by molar-refractivity contribution is 0.631. The van der Waals surface area contributed by atoms with Gasteiger partial charge in [0.25, 0.3) is 0 Å². The van der Waals surface area contributed by atoms with E-state index in [-0.39, 0.29) is 5.82 Å². The maximum atomic E-state index is 13.9. The van der Waals surface area contributed by atoms with Crippen molar-refractivity contribution in [2.24, 2.45) is 0 Å². The molecule has 0 amide bonds. The van der Waals surface area contributed by atoms with Gasteiger partial charge in [0.05, 0.1) is 11.2 Å². The third kappa shape index (κ3) is 2.16. The Morgan fingerprint density at radius 3 is 2.80 bits per heavy atom. The van der Waals surface area contributed by atoms with Gasteiger partial charge in [-0.1, -0.05) is 12.1 Å². The van der Waals surface area contributed by atoms with Crippen molar-refractivity contribution in [3.8, 4) is 0 Å². The number of hydrogen-bond acceptors (Lipinski definition) is 3. The number of aryl methyl sites for hydroxylation is 1. The zero-order chi connectivity index (χ0) is 14.1. The van der Waals surface area contributed by atoms with Crippen LogP contribution < -0.4 is 11.1 Å². The second-order valence-corrected chi connectivity index (χ2v) is 4.69. The fourth-order valence-electron chi connectivity index (χ4n) is 2.20. The number of pyridine rings is 1. The highest BCUT2D eigenvalue weighted by molar-refractivity contribution is 5.94. The SMILES string of the molecule is Cc1cccc(F)c1Nc1ccnc2cc(N)ccc12. The third-order valence-corrected chi connectivity index (χ3v) is 3.25. The molecule has 0 saturated carbocycles. The Hall–Kier alpha value is -2.62. The van der Waals surface area contributed by atoms with E-state index >= 15 is 0 Å². The van der Waals surface area contributed by atoms with Gasteiger partial charge < -0.3 is 11.1 Å². The summed E-state index contributed by atoms with van der Waals surface area (Å²) in [6.45, 7) is 1.87. The highest BCUT2D eigenvalue weighted by Gasteiger charge is 2.08. The van der Waals surface area contributed by atoms with Crippen molar-refractivity contribution in [3.63, 3.8) is 0 Å². The van der Waals surface area contributed by atoms with Crippen LogP contribution in [0.2, 0.25) is 0 Å². The number of para-hydroxylation sites is 1. The van der Waals surface area contributed by atoms with Crippen LogP contribution in [-0.4, -0.2) is 4.98 Å². The molecule has 0 saturated heterocycles. The molecule has 4 heteroatoms. The molecule has 3 N–H and O–H groups in total. The third-order valence-electron chi connectivity index (χ3n) is 3.25. The molecular weight excluding hydrogens is 253 g/mol. The van der Waals surface area contributed by atoms with Crippen molar-refractivity contribution < 1.29 is 4.39 Å². The number of fused-ring (bicyclic) bond motifs is 1. The number of nitrogens with two attached hydrogens (primary N) is 1. The summed E-state index contributed by atoms with van der Waals surface area (Å²) < 4.78 is 13.9. The fraction of sp³-hybridized carbons (Fsp3) is 0.0625. The Balaban J connectivity index is 2.11. The summed E-state index contributed by atoms with van der Waals surface area (Å²) in [6.07, 6.45) is 1.68. The maximum Gasteiger partial charge on any atom is 0.146 e. The normalized spacial score (nSPS) is 10.7. The first-order valence-electron chi connectivity index (χ1n) is 6.31. The van der Waals surface area contributed by atoms with Crippen LogP contribution in [0.4, 0.5) is 21.5 Å². The molecule has 3 aromatic rings. The minimum Gasteiger partial charge on any atom is -0.399 e. The van der Waals surface area contributed by atoms with Crippen LogP contribution in [0.5, 0.6) is 0 Å². The maximum absolute atomic E-state index is 13.9. The molecule has 0 atom stereocenters. The first-order valence-corrected chi connectivity index (χ1v) is 6.31. The predicted molar refractivity (Wildman–Crippen MR) is 80.6 cm³/mol. The van der Waals surface area contributed by atoms with Gasteiger partial charge in [0, 0.05) is 23.0 Å². The number of hydrogen-bond donors (Lipinski definition) is 2. The van der Waals surface area contributed by atoms with Gasteiger partial charge in [0.1, 0.15) is 5.82 Å². The number of anilines is 3. The summed E-state index contributed by atoms with van der Waals surface area (Å²) in [5.41, 5.74) is 9.34. The Bertz CT molecular complexity index is 764. The molecule has 3 nitrogen and oxygen atoms in total. The first kappa shape index (κ1) is 12.4. The van der Waals surface area contributed by atoms with E-state index in [1.54, 1.807) is 18.3 Å². The van der Waals surface area contributed by atoms with Crippen LogP contribution in [0.15, 0.2) is 48.7 Å². The van der Waals surface area contributed by atoms with Crippen LogP contribution in [0, 0.1) is 12.7 Å². The molecule has 0 aliphatic rings. The van der Waals surface area contributed by atoms with Crippen molar-refractivity contribution >= 4 is 28.0 Å². The van der Waals surface area contributed by atoms with Crippen LogP contribution >= 0.6 is 0 Å². The van der Waals surface area contributed by atoms with Crippen molar-refractivity contribution in [2.75, 3.05) is 11.1 Å². The molecule has 2 aromatic carbocycles. The molecule has 1 aromatic heterocycles. The van der Waals surface area contributed by atoms with E-state index < -0.39 is 0 Å². The van der Waals surface area contributed by atoms with Crippen LogP contribution in [0.25, 0.3) is 10.9 Å².